The van der Waals surface area contributed by atoms with E-state index in [9.17, 15) is 9.59 Å². The second-order valence-electron chi connectivity index (χ2n) is 9.10. The molecule has 3 unspecified atom stereocenters. The number of nitrogens with one attached hydrogen (secondary N) is 3. The minimum absolute atomic E-state index is 0.107. The second-order valence-corrected chi connectivity index (χ2v) is 9.10. The molecule has 3 atom stereocenters. The smallest absolute Gasteiger partial charge is 0.255 e. The Hall–Kier alpha value is -3.44. The maximum absolute atomic E-state index is 12.9. The number of fused-ring (bicyclic) bond motifs is 1. The van der Waals surface area contributed by atoms with Crippen molar-refractivity contribution < 1.29 is 9.59 Å². The van der Waals surface area contributed by atoms with Crippen molar-refractivity contribution in [2.45, 2.75) is 38.1 Å². The molecule has 1 aliphatic heterocycles. The summed E-state index contributed by atoms with van der Waals surface area (Å²) in [7, 11) is 0. The third-order valence-corrected chi connectivity index (χ3v) is 6.95. The molecule has 168 valence electrons. The summed E-state index contributed by atoms with van der Waals surface area (Å²) in [6.07, 6.45) is 5.14. The van der Waals surface area contributed by atoms with Gasteiger partial charge in [-0.15, -0.1) is 0 Å². The van der Waals surface area contributed by atoms with Crippen molar-refractivity contribution in [1.82, 2.24) is 10.9 Å². The van der Waals surface area contributed by atoms with Gasteiger partial charge in [0.05, 0.1) is 0 Å². The SMILES string of the molecule is O=C(Nc1ccc(-c2ccccc2)cc1)c1cccc(CC2NNC(=O)C3CCCCC23)c1. The minimum atomic E-state index is -0.121. The van der Waals surface area contributed by atoms with Crippen molar-refractivity contribution in [3.05, 3.63) is 90.0 Å². The van der Waals surface area contributed by atoms with Gasteiger partial charge in [-0.2, -0.15) is 0 Å². The summed E-state index contributed by atoms with van der Waals surface area (Å²) in [4.78, 5) is 25.1. The number of hydrogen-bond acceptors (Lipinski definition) is 3. The number of anilines is 1. The molecular formula is C28H29N3O2. The third-order valence-electron chi connectivity index (χ3n) is 6.95. The summed E-state index contributed by atoms with van der Waals surface area (Å²) in [5.41, 5.74) is 10.9. The predicted molar refractivity (Wildman–Crippen MR) is 130 cm³/mol. The van der Waals surface area contributed by atoms with E-state index in [0.29, 0.717) is 11.5 Å². The van der Waals surface area contributed by atoms with Crippen molar-refractivity contribution in [3.63, 3.8) is 0 Å². The lowest BCUT2D eigenvalue weighted by Crippen LogP contribution is -2.60. The molecule has 2 aliphatic rings. The van der Waals surface area contributed by atoms with Crippen molar-refractivity contribution in [1.29, 1.82) is 0 Å². The van der Waals surface area contributed by atoms with Crippen LogP contribution >= 0.6 is 0 Å². The molecule has 3 aromatic rings. The zero-order valence-electron chi connectivity index (χ0n) is 18.6. The first-order valence-corrected chi connectivity index (χ1v) is 11.8. The molecule has 0 radical (unpaired) electrons. The third kappa shape index (κ3) is 4.83. The van der Waals surface area contributed by atoms with Crippen LogP contribution in [-0.4, -0.2) is 17.9 Å². The lowest BCUT2D eigenvalue weighted by atomic mass is 9.72. The molecule has 0 aromatic heterocycles. The van der Waals surface area contributed by atoms with Gasteiger partial charge >= 0.3 is 0 Å². The monoisotopic (exact) mass is 439 g/mol. The van der Waals surface area contributed by atoms with Crippen LogP contribution in [-0.2, 0) is 11.2 Å². The summed E-state index contributed by atoms with van der Waals surface area (Å²) in [6.45, 7) is 0. The van der Waals surface area contributed by atoms with E-state index in [1.54, 1.807) is 0 Å². The lowest BCUT2D eigenvalue weighted by Gasteiger charge is -2.41. The Morgan fingerprint density at radius 1 is 0.879 bits per heavy atom. The molecule has 0 spiro atoms. The van der Waals surface area contributed by atoms with Crippen LogP contribution in [0.5, 0.6) is 0 Å². The largest absolute Gasteiger partial charge is 0.322 e. The Balaban J connectivity index is 1.25. The number of rotatable bonds is 5. The van der Waals surface area contributed by atoms with Gasteiger partial charge in [-0.3, -0.25) is 15.0 Å². The minimum Gasteiger partial charge on any atom is -0.322 e. The van der Waals surface area contributed by atoms with E-state index >= 15 is 0 Å². The highest BCUT2D eigenvalue weighted by atomic mass is 16.2. The number of benzene rings is 3. The maximum Gasteiger partial charge on any atom is 0.255 e. The quantitative estimate of drug-likeness (QED) is 0.526. The predicted octanol–water partition coefficient (Wildman–Crippen LogP) is 4.96. The Morgan fingerprint density at radius 2 is 1.64 bits per heavy atom. The van der Waals surface area contributed by atoms with E-state index in [0.717, 1.165) is 48.1 Å². The normalized spacial score (nSPS) is 22.2. The molecule has 0 bridgehead atoms. The molecule has 3 aromatic carbocycles. The number of amides is 2. The molecule has 5 heteroatoms. The first-order valence-electron chi connectivity index (χ1n) is 11.8. The van der Waals surface area contributed by atoms with Gasteiger partial charge in [-0.05, 0) is 66.1 Å². The van der Waals surface area contributed by atoms with Crippen LogP contribution in [0.3, 0.4) is 0 Å². The van der Waals surface area contributed by atoms with Crippen LogP contribution in [0.15, 0.2) is 78.9 Å². The number of hydrogen-bond donors (Lipinski definition) is 3. The molecule has 1 heterocycles. The van der Waals surface area contributed by atoms with E-state index in [4.69, 9.17) is 0 Å². The molecule has 2 fully saturated rings. The fraction of sp³-hybridized carbons (Fsp3) is 0.286. The highest BCUT2D eigenvalue weighted by Gasteiger charge is 2.39. The summed E-state index contributed by atoms with van der Waals surface area (Å²) < 4.78 is 0. The zero-order valence-corrected chi connectivity index (χ0v) is 18.6. The van der Waals surface area contributed by atoms with Crippen LogP contribution in [0.2, 0.25) is 0 Å². The lowest BCUT2D eigenvalue weighted by molar-refractivity contribution is -0.133. The highest BCUT2D eigenvalue weighted by molar-refractivity contribution is 6.04. The Bertz CT molecular complexity index is 1130. The second kappa shape index (κ2) is 9.59. The molecule has 2 amide bonds. The van der Waals surface area contributed by atoms with Crippen LogP contribution in [0.4, 0.5) is 5.69 Å². The van der Waals surface area contributed by atoms with E-state index in [1.165, 1.54) is 6.42 Å². The molecule has 1 saturated heterocycles. The van der Waals surface area contributed by atoms with Crippen LogP contribution < -0.4 is 16.2 Å². The van der Waals surface area contributed by atoms with Gasteiger partial charge in [0.15, 0.2) is 0 Å². The Labute approximate surface area is 194 Å². The first kappa shape index (κ1) is 21.4. The van der Waals surface area contributed by atoms with Gasteiger partial charge in [0.2, 0.25) is 5.91 Å². The highest BCUT2D eigenvalue weighted by Crippen LogP contribution is 2.35. The average molecular weight is 440 g/mol. The Morgan fingerprint density at radius 3 is 2.45 bits per heavy atom. The molecule has 5 rings (SSSR count). The fourth-order valence-electron chi connectivity index (χ4n) is 5.21. The van der Waals surface area contributed by atoms with Crippen LogP contribution in [0.25, 0.3) is 11.1 Å². The van der Waals surface area contributed by atoms with E-state index in [-0.39, 0.29) is 23.8 Å². The average Bonchev–Trinajstić information content (AvgIpc) is 2.87. The van der Waals surface area contributed by atoms with Crippen LogP contribution in [0, 0.1) is 11.8 Å². The van der Waals surface area contributed by atoms with Gasteiger partial charge in [0.1, 0.15) is 0 Å². The molecule has 1 saturated carbocycles. The Kier molecular flexibility index (Phi) is 6.22. The van der Waals surface area contributed by atoms with Gasteiger partial charge in [-0.25, -0.2) is 5.43 Å². The van der Waals surface area contributed by atoms with Crippen molar-refractivity contribution in [2.75, 3.05) is 5.32 Å². The fourth-order valence-corrected chi connectivity index (χ4v) is 5.21. The summed E-state index contributed by atoms with van der Waals surface area (Å²) in [6, 6.07) is 26.1. The molecule has 33 heavy (non-hydrogen) atoms. The molecular weight excluding hydrogens is 410 g/mol. The topological polar surface area (TPSA) is 70.2 Å². The zero-order chi connectivity index (χ0) is 22.6. The molecule has 5 nitrogen and oxygen atoms in total. The first-order chi connectivity index (χ1) is 16.2. The van der Waals surface area contributed by atoms with Crippen LogP contribution in [0.1, 0.15) is 41.6 Å². The van der Waals surface area contributed by atoms with Gasteiger partial charge in [-0.1, -0.05) is 67.4 Å². The van der Waals surface area contributed by atoms with Gasteiger partial charge in [0, 0.05) is 23.2 Å². The van der Waals surface area contributed by atoms with Gasteiger partial charge in [0.25, 0.3) is 5.91 Å². The van der Waals surface area contributed by atoms with E-state index in [2.05, 4.69) is 34.4 Å². The molecule has 1 aliphatic carbocycles. The van der Waals surface area contributed by atoms with Crippen molar-refractivity contribution >= 4 is 17.5 Å². The standard InChI is InChI=1S/C28H29N3O2/c32-27(29-23-15-13-21(14-16-23)20-8-2-1-3-9-20)22-10-6-7-19(17-22)18-26-24-11-4-5-12-25(24)28(33)31-30-26/h1-3,6-10,13-17,24-26,30H,4-5,11-12,18H2,(H,29,32)(H,31,33). The van der Waals surface area contributed by atoms with E-state index in [1.807, 2.05) is 60.7 Å². The van der Waals surface area contributed by atoms with E-state index < -0.39 is 0 Å². The number of hydrazine groups is 1. The number of carbonyl (C=O) groups is 2. The van der Waals surface area contributed by atoms with Gasteiger partial charge < -0.3 is 5.32 Å². The van der Waals surface area contributed by atoms with Crippen molar-refractivity contribution in [3.8, 4) is 11.1 Å². The molecule has 3 N–H and O–H groups in total. The van der Waals surface area contributed by atoms with Crippen molar-refractivity contribution in [2.24, 2.45) is 11.8 Å². The maximum atomic E-state index is 12.9. The summed E-state index contributed by atoms with van der Waals surface area (Å²) in [5.74, 6) is 0.468. The summed E-state index contributed by atoms with van der Waals surface area (Å²) >= 11 is 0. The number of carbonyl (C=O) groups excluding carboxylic acids is 2. The summed E-state index contributed by atoms with van der Waals surface area (Å²) in [5, 5.41) is 3.01.